The molecule has 1 aliphatic rings. The molecule has 0 saturated carbocycles. The molecule has 11 heavy (non-hydrogen) atoms. The Morgan fingerprint density at radius 1 is 1.36 bits per heavy atom. The molecule has 64 valence electrons. The van der Waals surface area contributed by atoms with Crippen LogP contribution < -0.4 is 0 Å². The van der Waals surface area contributed by atoms with Crippen LogP contribution in [0.15, 0.2) is 0 Å². The lowest BCUT2D eigenvalue weighted by molar-refractivity contribution is -0.00775. The molecule has 1 rings (SSSR count). The van der Waals surface area contributed by atoms with Crippen LogP contribution in [0.25, 0.3) is 0 Å². The van der Waals surface area contributed by atoms with Gasteiger partial charge in [-0.3, -0.25) is 4.90 Å². The van der Waals surface area contributed by atoms with E-state index in [-0.39, 0.29) is 6.73 Å². The summed E-state index contributed by atoms with van der Waals surface area (Å²) in [4.78, 5) is 1.95. The number of ether oxygens (including phenoxy) is 1. The zero-order chi connectivity index (χ0) is 8.10. The van der Waals surface area contributed by atoms with Crippen LogP contribution >= 0.6 is 0 Å². The molecule has 1 saturated heterocycles. The Morgan fingerprint density at radius 2 is 2.00 bits per heavy atom. The first-order chi connectivity index (χ1) is 5.29. The minimum Gasteiger partial charge on any atom is -0.402 e. The Balaban J connectivity index is 2.05. The molecule has 0 amide bonds. The summed E-state index contributed by atoms with van der Waals surface area (Å²) >= 11 is 0. The maximum Gasteiger partial charge on any atom is 0.634 e. The van der Waals surface area contributed by atoms with Gasteiger partial charge in [0.2, 0.25) is 0 Å². The summed E-state index contributed by atoms with van der Waals surface area (Å²) in [5.41, 5.74) is 0. The van der Waals surface area contributed by atoms with Crippen molar-refractivity contribution in [3.8, 4) is 0 Å². The molecular formula is C5H12BNO4. The summed E-state index contributed by atoms with van der Waals surface area (Å²) in [5, 5.41) is 16.7. The summed E-state index contributed by atoms with van der Waals surface area (Å²) in [6.45, 7) is 3.19. The zero-order valence-corrected chi connectivity index (χ0v) is 6.27. The van der Waals surface area contributed by atoms with E-state index in [0.29, 0.717) is 13.2 Å². The summed E-state index contributed by atoms with van der Waals surface area (Å²) in [5.74, 6) is 0. The number of nitrogens with zero attached hydrogens (tertiary/aromatic N) is 1. The highest BCUT2D eigenvalue weighted by atomic mass is 16.6. The second-order valence-corrected chi connectivity index (χ2v) is 2.35. The number of morpholine rings is 1. The summed E-state index contributed by atoms with van der Waals surface area (Å²) in [7, 11) is -1.67. The summed E-state index contributed by atoms with van der Waals surface area (Å²) in [6, 6.07) is 0. The molecule has 0 radical (unpaired) electrons. The minimum atomic E-state index is -1.67. The van der Waals surface area contributed by atoms with E-state index in [4.69, 9.17) is 14.8 Å². The predicted molar refractivity (Wildman–Crippen MR) is 38.5 cm³/mol. The fourth-order valence-electron chi connectivity index (χ4n) is 0.902. The Labute approximate surface area is 65.7 Å². The smallest absolute Gasteiger partial charge is 0.402 e. The van der Waals surface area contributed by atoms with Gasteiger partial charge in [0.15, 0.2) is 0 Å². The Hall–Kier alpha value is -0.135. The van der Waals surface area contributed by atoms with Gasteiger partial charge in [-0.05, 0) is 0 Å². The van der Waals surface area contributed by atoms with E-state index in [9.17, 15) is 0 Å². The topological polar surface area (TPSA) is 62.2 Å². The van der Waals surface area contributed by atoms with E-state index < -0.39 is 7.32 Å². The molecule has 0 aromatic rings. The molecule has 0 spiro atoms. The molecule has 0 aromatic heterocycles. The van der Waals surface area contributed by atoms with Crippen molar-refractivity contribution in [1.82, 2.24) is 4.90 Å². The predicted octanol–water partition coefficient (Wildman–Crippen LogP) is -1.74. The first-order valence-electron chi connectivity index (χ1n) is 3.57. The first-order valence-corrected chi connectivity index (χ1v) is 3.57. The second-order valence-electron chi connectivity index (χ2n) is 2.35. The molecule has 5 nitrogen and oxygen atoms in total. The largest absolute Gasteiger partial charge is 0.634 e. The summed E-state index contributed by atoms with van der Waals surface area (Å²) in [6.07, 6.45) is 0. The molecule has 1 fully saturated rings. The van der Waals surface area contributed by atoms with Crippen LogP contribution in [0.4, 0.5) is 0 Å². The van der Waals surface area contributed by atoms with Gasteiger partial charge in [-0.15, -0.1) is 0 Å². The van der Waals surface area contributed by atoms with E-state index >= 15 is 0 Å². The van der Waals surface area contributed by atoms with Crippen LogP contribution in [0.5, 0.6) is 0 Å². The van der Waals surface area contributed by atoms with Crippen LogP contribution in [0.2, 0.25) is 0 Å². The highest BCUT2D eigenvalue weighted by Crippen LogP contribution is 1.95. The van der Waals surface area contributed by atoms with E-state index in [1.807, 2.05) is 4.90 Å². The molecule has 2 N–H and O–H groups in total. The van der Waals surface area contributed by atoms with Crippen molar-refractivity contribution in [2.45, 2.75) is 0 Å². The molecule has 1 aliphatic heterocycles. The van der Waals surface area contributed by atoms with Crippen molar-refractivity contribution in [2.24, 2.45) is 0 Å². The normalized spacial score (nSPS) is 20.2. The third-order valence-corrected chi connectivity index (χ3v) is 1.51. The van der Waals surface area contributed by atoms with Gasteiger partial charge in [0.05, 0.1) is 19.9 Å². The van der Waals surface area contributed by atoms with Crippen molar-refractivity contribution in [1.29, 1.82) is 0 Å². The molecule has 6 heteroatoms. The monoisotopic (exact) mass is 161 g/mol. The number of hydrogen-bond donors (Lipinski definition) is 2. The first kappa shape index (κ1) is 8.96. The molecule has 0 aliphatic carbocycles. The fourth-order valence-corrected chi connectivity index (χ4v) is 0.902. The van der Waals surface area contributed by atoms with Gasteiger partial charge >= 0.3 is 7.32 Å². The Bertz CT molecular complexity index is 107. The standard InChI is InChI=1S/C5H12BNO4/c8-6(9)11-5-7-1-3-10-4-2-7/h8-9H,1-5H2. The molecule has 0 unspecified atom stereocenters. The lowest BCUT2D eigenvalue weighted by Crippen LogP contribution is -2.39. The van der Waals surface area contributed by atoms with Gasteiger partial charge in [0.25, 0.3) is 0 Å². The maximum absolute atomic E-state index is 8.36. The van der Waals surface area contributed by atoms with Crippen molar-refractivity contribution in [3.63, 3.8) is 0 Å². The summed E-state index contributed by atoms with van der Waals surface area (Å²) < 4.78 is 9.65. The van der Waals surface area contributed by atoms with E-state index in [2.05, 4.69) is 4.65 Å². The lowest BCUT2D eigenvalue weighted by Gasteiger charge is -2.25. The van der Waals surface area contributed by atoms with Crippen LogP contribution in [-0.2, 0) is 9.39 Å². The highest BCUT2D eigenvalue weighted by molar-refractivity contribution is 6.32. The molecular weight excluding hydrogens is 149 g/mol. The second kappa shape index (κ2) is 4.68. The number of hydrogen-bond acceptors (Lipinski definition) is 5. The quantitative estimate of drug-likeness (QED) is 0.481. The average Bonchev–Trinajstić information content (AvgIpc) is 2.03. The van der Waals surface area contributed by atoms with Gasteiger partial charge in [-0.2, -0.15) is 0 Å². The van der Waals surface area contributed by atoms with Gasteiger partial charge in [0, 0.05) is 13.1 Å². The van der Waals surface area contributed by atoms with Crippen molar-refractivity contribution in [2.75, 3.05) is 33.0 Å². The van der Waals surface area contributed by atoms with Gasteiger partial charge in [-0.1, -0.05) is 0 Å². The van der Waals surface area contributed by atoms with Crippen LogP contribution in [0, 0.1) is 0 Å². The van der Waals surface area contributed by atoms with Gasteiger partial charge in [-0.25, -0.2) is 0 Å². The van der Waals surface area contributed by atoms with Crippen LogP contribution in [-0.4, -0.2) is 55.3 Å². The van der Waals surface area contributed by atoms with E-state index in [1.54, 1.807) is 0 Å². The van der Waals surface area contributed by atoms with Gasteiger partial charge in [0.1, 0.15) is 0 Å². The Morgan fingerprint density at radius 3 is 2.55 bits per heavy atom. The zero-order valence-electron chi connectivity index (χ0n) is 6.27. The third-order valence-electron chi connectivity index (χ3n) is 1.51. The van der Waals surface area contributed by atoms with Crippen LogP contribution in [0.3, 0.4) is 0 Å². The minimum absolute atomic E-state index is 0.251. The van der Waals surface area contributed by atoms with Crippen molar-refractivity contribution >= 4 is 7.32 Å². The highest BCUT2D eigenvalue weighted by Gasteiger charge is 2.14. The fraction of sp³-hybridized carbons (Fsp3) is 1.00. The lowest BCUT2D eigenvalue weighted by atomic mass is 10.3. The molecule has 0 bridgehead atoms. The maximum atomic E-state index is 8.36. The molecule has 0 aromatic carbocycles. The Kier molecular flexibility index (Phi) is 3.81. The van der Waals surface area contributed by atoms with E-state index in [0.717, 1.165) is 13.1 Å². The van der Waals surface area contributed by atoms with Crippen LogP contribution in [0.1, 0.15) is 0 Å². The molecule has 1 heterocycles. The van der Waals surface area contributed by atoms with E-state index in [1.165, 1.54) is 0 Å². The SMILES string of the molecule is OB(O)OCN1CCOCC1. The van der Waals surface area contributed by atoms with Crippen molar-refractivity contribution in [3.05, 3.63) is 0 Å². The van der Waals surface area contributed by atoms with Crippen molar-refractivity contribution < 1.29 is 19.4 Å². The van der Waals surface area contributed by atoms with Gasteiger partial charge < -0.3 is 19.4 Å². The number of rotatable bonds is 3. The average molecular weight is 161 g/mol. The molecule has 0 atom stereocenters. The third kappa shape index (κ3) is 3.69.